The number of nitrogens with zero attached hydrogens (tertiary/aromatic N) is 4. The average molecular weight is 486 g/mol. The zero-order valence-electron chi connectivity index (χ0n) is 21.6. The zero-order valence-corrected chi connectivity index (χ0v) is 21.6. The standard InChI is InChI=1S/C29H35N5O2/c1-21(35)33-17-19-34(20-18-33)27(36)24-9-11-25(12-10-24)31-28-30-16-14-26(32-28)23-7-5-22(6-8-23)13-15-29(2,3)4/h5-12,14,16H,13,15,17-20H2,1-4H3,(H,30,31,32). The molecule has 0 bridgehead atoms. The van der Waals surface area contributed by atoms with Crippen LogP contribution in [0.25, 0.3) is 11.3 Å². The Balaban J connectivity index is 1.37. The lowest BCUT2D eigenvalue weighted by Crippen LogP contribution is -2.50. The van der Waals surface area contributed by atoms with Crippen molar-refractivity contribution in [2.75, 3.05) is 31.5 Å². The molecule has 2 amide bonds. The van der Waals surface area contributed by atoms with E-state index in [0.717, 1.165) is 29.8 Å². The number of carbonyl (C=O) groups excluding carboxylic acids is 2. The fraction of sp³-hybridized carbons (Fsp3) is 0.379. The molecule has 1 N–H and O–H groups in total. The maximum atomic E-state index is 12.8. The van der Waals surface area contributed by atoms with Crippen molar-refractivity contribution in [2.24, 2.45) is 5.41 Å². The fourth-order valence-electron chi connectivity index (χ4n) is 4.17. The molecular weight excluding hydrogens is 450 g/mol. The molecule has 0 atom stereocenters. The Morgan fingerprint density at radius 2 is 1.53 bits per heavy atom. The van der Waals surface area contributed by atoms with Gasteiger partial charge < -0.3 is 15.1 Å². The van der Waals surface area contributed by atoms with Gasteiger partial charge in [-0.15, -0.1) is 0 Å². The molecule has 0 aliphatic carbocycles. The van der Waals surface area contributed by atoms with Crippen LogP contribution in [0.2, 0.25) is 0 Å². The van der Waals surface area contributed by atoms with Crippen LogP contribution in [0.15, 0.2) is 60.8 Å². The minimum Gasteiger partial charge on any atom is -0.339 e. The molecule has 7 heteroatoms. The molecule has 0 saturated carbocycles. The van der Waals surface area contributed by atoms with E-state index in [0.29, 0.717) is 43.1 Å². The second kappa shape index (κ2) is 10.9. The van der Waals surface area contributed by atoms with Gasteiger partial charge in [0.15, 0.2) is 0 Å². The summed E-state index contributed by atoms with van der Waals surface area (Å²) in [7, 11) is 0. The van der Waals surface area contributed by atoms with E-state index in [2.05, 4.69) is 60.3 Å². The van der Waals surface area contributed by atoms with Gasteiger partial charge in [0.25, 0.3) is 5.91 Å². The fourth-order valence-corrected chi connectivity index (χ4v) is 4.17. The number of anilines is 2. The summed E-state index contributed by atoms with van der Waals surface area (Å²) in [6, 6.07) is 17.8. The Hall–Kier alpha value is -3.74. The van der Waals surface area contributed by atoms with Crippen LogP contribution in [0.3, 0.4) is 0 Å². The summed E-state index contributed by atoms with van der Waals surface area (Å²) in [5.74, 6) is 0.537. The summed E-state index contributed by atoms with van der Waals surface area (Å²) in [5.41, 5.74) is 4.98. The van der Waals surface area contributed by atoms with Gasteiger partial charge in [0.2, 0.25) is 11.9 Å². The largest absolute Gasteiger partial charge is 0.339 e. The lowest BCUT2D eigenvalue weighted by atomic mass is 9.88. The quantitative estimate of drug-likeness (QED) is 0.521. The van der Waals surface area contributed by atoms with Crippen molar-refractivity contribution in [2.45, 2.75) is 40.5 Å². The highest BCUT2D eigenvalue weighted by Crippen LogP contribution is 2.24. The van der Waals surface area contributed by atoms with Gasteiger partial charge in [-0.2, -0.15) is 0 Å². The number of hydrogen-bond donors (Lipinski definition) is 1. The minimum atomic E-state index is -0.0195. The predicted octanol–water partition coefficient (Wildman–Crippen LogP) is 5.17. The highest BCUT2D eigenvalue weighted by atomic mass is 16.2. The van der Waals surface area contributed by atoms with Crippen LogP contribution in [-0.2, 0) is 11.2 Å². The summed E-state index contributed by atoms with van der Waals surface area (Å²) in [5, 5.41) is 3.24. The van der Waals surface area contributed by atoms with Gasteiger partial charge in [0.05, 0.1) is 5.69 Å². The van der Waals surface area contributed by atoms with Crippen LogP contribution in [0.5, 0.6) is 0 Å². The Labute approximate surface area is 213 Å². The molecule has 1 aromatic heterocycles. The molecule has 4 rings (SSSR count). The molecule has 0 spiro atoms. The van der Waals surface area contributed by atoms with Crippen molar-refractivity contribution in [3.63, 3.8) is 0 Å². The summed E-state index contributed by atoms with van der Waals surface area (Å²) in [6.45, 7) is 10.6. The normalized spacial score (nSPS) is 14.0. The lowest BCUT2D eigenvalue weighted by Gasteiger charge is -2.34. The number of nitrogens with one attached hydrogen (secondary N) is 1. The summed E-state index contributed by atoms with van der Waals surface area (Å²) < 4.78 is 0. The van der Waals surface area contributed by atoms with Crippen LogP contribution in [0.1, 0.15) is 50.0 Å². The van der Waals surface area contributed by atoms with Gasteiger partial charge in [-0.05, 0) is 54.2 Å². The van der Waals surface area contributed by atoms with Crippen molar-refractivity contribution >= 4 is 23.5 Å². The SMILES string of the molecule is CC(=O)N1CCN(C(=O)c2ccc(Nc3nccc(-c4ccc(CCC(C)(C)C)cc4)n3)cc2)CC1. The van der Waals surface area contributed by atoms with Gasteiger partial charge in [-0.25, -0.2) is 9.97 Å². The third-order valence-electron chi connectivity index (χ3n) is 6.47. The van der Waals surface area contributed by atoms with Gasteiger partial charge in [0.1, 0.15) is 0 Å². The summed E-state index contributed by atoms with van der Waals surface area (Å²) in [6.07, 6.45) is 3.96. The van der Waals surface area contributed by atoms with Gasteiger partial charge in [-0.3, -0.25) is 9.59 Å². The predicted molar refractivity (Wildman–Crippen MR) is 143 cm³/mol. The van der Waals surface area contributed by atoms with E-state index in [-0.39, 0.29) is 11.8 Å². The zero-order chi connectivity index (χ0) is 25.7. The van der Waals surface area contributed by atoms with Crippen molar-refractivity contribution in [1.29, 1.82) is 0 Å². The molecule has 7 nitrogen and oxygen atoms in total. The number of rotatable bonds is 6. The molecule has 1 fully saturated rings. The topological polar surface area (TPSA) is 78.4 Å². The molecule has 1 aliphatic heterocycles. The lowest BCUT2D eigenvalue weighted by molar-refractivity contribution is -0.130. The number of piperazine rings is 1. The van der Waals surface area contributed by atoms with Crippen molar-refractivity contribution < 1.29 is 9.59 Å². The van der Waals surface area contributed by atoms with Crippen LogP contribution < -0.4 is 5.32 Å². The van der Waals surface area contributed by atoms with E-state index in [4.69, 9.17) is 0 Å². The van der Waals surface area contributed by atoms with Crippen LogP contribution in [0, 0.1) is 5.41 Å². The molecule has 36 heavy (non-hydrogen) atoms. The number of benzene rings is 2. The number of carbonyl (C=O) groups is 2. The number of amides is 2. The second-order valence-electron chi connectivity index (χ2n) is 10.5. The Kier molecular flexibility index (Phi) is 7.67. The maximum Gasteiger partial charge on any atom is 0.253 e. The first-order chi connectivity index (χ1) is 17.2. The molecule has 2 heterocycles. The Morgan fingerprint density at radius 1 is 0.889 bits per heavy atom. The summed E-state index contributed by atoms with van der Waals surface area (Å²) >= 11 is 0. The van der Waals surface area contributed by atoms with E-state index in [1.807, 2.05) is 30.3 Å². The van der Waals surface area contributed by atoms with Crippen molar-refractivity contribution in [3.8, 4) is 11.3 Å². The molecule has 3 aromatic rings. The molecule has 1 saturated heterocycles. The van der Waals surface area contributed by atoms with Gasteiger partial charge in [-0.1, -0.05) is 45.0 Å². The van der Waals surface area contributed by atoms with Crippen molar-refractivity contribution in [1.82, 2.24) is 19.8 Å². The van der Waals surface area contributed by atoms with Gasteiger partial charge in [0, 0.05) is 56.1 Å². The first-order valence-corrected chi connectivity index (χ1v) is 12.5. The average Bonchev–Trinajstić information content (AvgIpc) is 2.88. The number of aromatic nitrogens is 2. The number of hydrogen-bond acceptors (Lipinski definition) is 5. The van der Waals surface area contributed by atoms with Crippen LogP contribution >= 0.6 is 0 Å². The first kappa shape index (κ1) is 25.4. The van der Waals surface area contributed by atoms with Gasteiger partial charge >= 0.3 is 0 Å². The third kappa shape index (κ3) is 6.68. The van der Waals surface area contributed by atoms with E-state index >= 15 is 0 Å². The molecule has 2 aromatic carbocycles. The van der Waals surface area contributed by atoms with Crippen LogP contribution in [-0.4, -0.2) is 57.8 Å². The molecule has 0 unspecified atom stereocenters. The Bertz CT molecular complexity index is 1190. The first-order valence-electron chi connectivity index (χ1n) is 12.5. The van der Waals surface area contributed by atoms with E-state index in [9.17, 15) is 9.59 Å². The molecule has 188 valence electrons. The van der Waals surface area contributed by atoms with Crippen LogP contribution in [0.4, 0.5) is 11.6 Å². The smallest absolute Gasteiger partial charge is 0.253 e. The third-order valence-corrected chi connectivity index (χ3v) is 6.47. The van der Waals surface area contributed by atoms with E-state index in [1.165, 1.54) is 5.56 Å². The molecule has 1 aliphatic rings. The highest BCUT2D eigenvalue weighted by Gasteiger charge is 2.23. The minimum absolute atomic E-state index is 0.0195. The van der Waals surface area contributed by atoms with E-state index < -0.39 is 0 Å². The summed E-state index contributed by atoms with van der Waals surface area (Å²) in [4.78, 5) is 36.9. The maximum absolute atomic E-state index is 12.8. The monoisotopic (exact) mass is 485 g/mol. The number of aryl methyl sites for hydroxylation is 1. The van der Waals surface area contributed by atoms with E-state index in [1.54, 1.807) is 22.9 Å². The molecular formula is C29H35N5O2. The van der Waals surface area contributed by atoms with Crippen molar-refractivity contribution in [3.05, 3.63) is 71.9 Å². The highest BCUT2D eigenvalue weighted by molar-refractivity contribution is 5.94. The Morgan fingerprint density at radius 3 is 2.14 bits per heavy atom. The molecule has 0 radical (unpaired) electrons. The second-order valence-corrected chi connectivity index (χ2v) is 10.5.